The number of benzene rings is 2. The van der Waals surface area contributed by atoms with Crippen molar-refractivity contribution < 1.29 is 5.11 Å². The molecule has 1 nitrogen and oxygen atoms in total. The number of phenolic OH excluding ortho intramolecular Hbond substituents is 1. The zero-order valence-corrected chi connectivity index (χ0v) is 13.7. The first-order valence-electron chi connectivity index (χ1n) is 4.33. The third-order valence-corrected chi connectivity index (χ3v) is 3.00. The first-order valence-corrected chi connectivity index (χ1v) is 6.49. The van der Waals surface area contributed by atoms with Gasteiger partial charge in [0, 0.05) is 7.14 Å². The molecule has 0 radical (unpaired) electrons. The molecule has 0 saturated heterocycles. The summed E-state index contributed by atoms with van der Waals surface area (Å²) < 4.78 is 2.59. The van der Waals surface area contributed by atoms with Crippen LogP contribution in [-0.4, -0.2) is 5.11 Å². The van der Waals surface area contributed by atoms with E-state index in [2.05, 4.69) is 69.4 Å². The van der Waals surface area contributed by atoms with E-state index in [0.717, 1.165) is 0 Å². The predicted molar refractivity (Wildman–Crippen MR) is 90.4 cm³/mol. The zero-order valence-electron chi connectivity index (χ0n) is 8.40. The van der Waals surface area contributed by atoms with Crippen LogP contribution < -0.4 is 0 Å². The molecule has 86 valence electrons. The van der Waals surface area contributed by atoms with E-state index in [1.807, 2.05) is 6.07 Å². The van der Waals surface area contributed by atoms with E-state index in [1.165, 1.54) is 7.14 Å². The summed E-state index contributed by atoms with van der Waals surface area (Å²) in [5.74, 6) is 0.322. The Labute approximate surface area is 130 Å². The average molecular weight is 458 g/mol. The molecule has 4 heteroatoms. The summed E-state index contributed by atoms with van der Waals surface area (Å²) in [7, 11) is 0. The summed E-state index contributed by atoms with van der Waals surface area (Å²) in [6, 6.07) is 17.1. The normalized spacial score (nSPS) is 8.38. The molecule has 0 heterocycles. The molecule has 0 aromatic heterocycles. The summed E-state index contributed by atoms with van der Waals surface area (Å²) in [5.41, 5.74) is 0. The monoisotopic (exact) mass is 458 g/mol. The summed E-state index contributed by atoms with van der Waals surface area (Å²) >= 11 is 4.59. The standard InChI is InChI=1S/C6H4I2.C6H6O.H2S/c7-5-1-2-6(8)4-3-5;7-6-4-2-1-3-5-6;/h1-4H;1-5,7H;1H2. The minimum Gasteiger partial charge on any atom is -0.508 e. The lowest BCUT2D eigenvalue weighted by Gasteiger charge is -1.87. The zero-order chi connectivity index (χ0) is 11.1. The fourth-order valence-corrected chi connectivity index (χ4v) is 1.58. The van der Waals surface area contributed by atoms with Gasteiger partial charge in [-0.1, -0.05) is 18.2 Å². The summed E-state index contributed by atoms with van der Waals surface area (Å²) in [4.78, 5) is 0. The molecule has 0 spiro atoms. The highest BCUT2D eigenvalue weighted by molar-refractivity contribution is 14.1. The van der Waals surface area contributed by atoms with Crippen molar-refractivity contribution in [2.75, 3.05) is 0 Å². The van der Waals surface area contributed by atoms with Gasteiger partial charge in [0.25, 0.3) is 0 Å². The number of aromatic hydroxyl groups is 1. The van der Waals surface area contributed by atoms with Crippen molar-refractivity contribution in [3.8, 4) is 5.75 Å². The molecule has 2 rings (SSSR count). The van der Waals surface area contributed by atoms with Crippen LogP contribution in [0.3, 0.4) is 0 Å². The first kappa shape index (κ1) is 16.1. The van der Waals surface area contributed by atoms with E-state index in [4.69, 9.17) is 5.11 Å². The number of rotatable bonds is 0. The molecule has 0 aliphatic rings. The SMILES string of the molecule is Ic1ccc(I)cc1.Oc1ccccc1.S. The van der Waals surface area contributed by atoms with E-state index >= 15 is 0 Å². The third-order valence-electron chi connectivity index (χ3n) is 1.56. The van der Waals surface area contributed by atoms with Crippen LogP contribution in [0.25, 0.3) is 0 Å². The summed E-state index contributed by atoms with van der Waals surface area (Å²) in [5, 5.41) is 8.63. The van der Waals surface area contributed by atoms with Gasteiger partial charge in [0.2, 0.25) is 0 Å². The molecule has 2 aromatic carbocycles. The minimum atomic E-state index is 0. The Balaban J connectivity index is 0.000000267. The molecule has 0 aliphatic carbocycles. The molecule has 16 heavy (non-hydrogen) atoms. The maximum atomic E-state index is 8.63. The van der Waals surface area contributed by atoms with Crippen LogP contribution in [-0.2, 0) is 0 Å². The van der Waals surface area contributed by atoms with Crippen LogP contribution in [0.15, 0.2) is 54.6 Å². The molecule has 0 unspecified atom stereocenters. The van der Waals surface area contributed by atoms with Gasteiger partial charge in [0.05, 0.1) is 0 Å². The van der Waals surface area contributed by atoms with Crippen molar-refractivity contribution in [2.45, 2.75) is 0 Å². The summed E-state index contributed by atoms with van der Waals surface area (Å²) in [6.45, 7) is 0. The van der Waals surface area contributed by atoms with Gasteiger partial charge in [0.15, 0.2) is 0 Å². The molecule has 0 fully saturated rings. The van der Waals surface area contributed by atoms with Crippen molar-refractivity contribution in [1.82, 2.24) is 0 Å². The molecule has 0 amide bonds. The van der Waals surface area contributed by atoms with Crippen LogP contribution in [0.1, 0.15) is 0 Å². The number of hydrogen-bond acceptors (Lipinski definition) is 1. The molecule has 1 N–H and O–H groups in total. The van der Waals surface area contributed by atoms with E-state index in [1.54, 1.807) is 24.3 Å². The van der Waals surface area contributed by atoms with E-state index < -0.39 is 0 Å². The molecule has 0 saturated carbocycles. The second-order valence-electron chi connectivity index (χ2n) is 2.77. The molecule has 0 aliphatic heterocycles. The molecule has 2 aromatic rings. The minimum absolute atomic E-state index is 0. The predicted octanol–water partition coefficient (Wildman–Crippen LogP) is 4.40. The van der Waals surface area contributed by atoms with Gasteiger partial charge in [-0.05, 0) is 81.6 Å². The Morgan fingerprint density at radius 2 is 1.06 bits per heavy atom. The number of para-hydroxylation sites is 1. The topological polar surface area (TPSA) is 20.2 Å². The van der Waals surface area contributed by atoms with Gasteiger partial charge in [-0.15, -0.1) is 0 Å². The highest BCUT2D eigenvalue weighted by Crippen LogP contribution is 2.07. The molecular formula is C12H12I2OS. The second kappa shape index (κ2) is 9.12. The highest BCUT2D eigenvalue weighted by Gasteiger charge is 1.82. The van der Waals surface area contributed by atoms with E-state index in [-0.39, 0.29) is 13.5 Å². The van der Waals surface area contributed by atoms with Crippen molar-refractivity contribution >= 4 is 58.7 Å². The van der Waals surface area contributed by atoms with Gasteiger partial charge in [-0.25, -0.2) is 0 Å². The molecular weight excluding hydrogens is 446 g/mol. The fourth-order valence-electron chi connectivity index (χ4n) is 0.858. The summed E-state index contributed by atoms with van der Waals surface area (Å²) in [6.07, 6.45) is 0. The Kier molecular flexibility index (Phi) is 9.15. The molecule has 0 atom stereocenters. The van der Waals surface area contributed by atoms with Crippen LogP contribution in [0.2, 0.25) is 0 Å². The van der Waals surface area contributed by atoms with Gasteiger partial charge in [0.1, 0.15) is 5.75 Å². The quantitative estimate of drug-likeness (QED) is 0.581. The van der Waals surface area contributed by atoms with Crippen molar-refractivity contribution in [3.05, 3.63) is 61.7 Å². The van der Waals surface area contributed by atoms with Crippen molar-refractivity contribution in [2.24, 2.45) is 0 Å². The lowest BCUT2D eigenvalue weighted by atomic mass is 10.3. The highest BCUT2D eigenvalue weighted by atomic mass is 127. The molecule has 0 bridgehead atoms. The second-order valence-corrected chi connectivity index (χ2v) is 5.26. The number of halogens is 2. The van der Waals surface area contributed by atoms with Gasteiger partial charge >= 0.3 is 0 Å². The first-order chi connectivity index (χ1) is 7.18. The van der Waals surface area contributed by atoms with Crippen molar-refractivity contribution in [1.29, 1.82) is 0 Å². The maximum absolute atomic E-state index is 8.63. The van der Waals surface area contributed by atoms with Crippen LogP contribution in [0.4, 0.5) is 0 Å². The Bertz CT molecular complexity index is 369. The smallest absolute Gasteiger partial charge is 0.115 e. The third kappa shape index (κ3) is 7.34. The van der Waals surface area contributed by atoms with Crippen LogP contribution in [0, 0.1) is 7.14 Å². The average Bonchev–Trinajstić information content (AvgIpc) is 2.25. The largest absolute Gasteiger partial charge is 0.508 e. The Morgan fingerprint density at radius 1 is 0.688 bits per heavy atom. The van der Waals surface area contributed by atoms with Crippen LogP contribution >= 0.6 is 58.7 Å². The fraction of sp³-hybridized carbons (Fsp3) is 0. The Hall–Kier alpha value is 0.0500. The lowest BCUT2D eigenvalue weighted by molar-refractivity contribution is 0.475. The maximum Gasteiger partial charge on any atom is 0.115 e. The number of phenols is 1. The van der Waals surface area contributed by atoms with Gasteiger partial charge in [-0.3, -0.25) is 0 Å². The van der Waals surface area contributed by atoms with Gasteiger partial charge in [-0.2, -0.15) is 13.5 Å². The van der Waals surface area contributed by atoms with E-state index in [9.17, 15) is 0 Å². The van der Waals surface area contributed by atoms with E-state index in [0.29, 0.717) is 5.75 Å². The Morgan fingerprint density at radius 3 is 1.31 bits per heavy atom. The van der Waals surface area contributed by atoms with Crippen molar-refractivity contribution in [3.63, 3.8) is 0 Å². The number of hydrogen-bond donors (Lipinski definition) is 1. The van der Waals surface area contributed by atoms with Gasteiger partial charge < -0.3 is 5.11 Å². The lowest BCUT2D eigenvalue weighted by Crippen LogP contribution is -1.68. The van der Waals surface area contributed by atoms with Crippen LogP contribution in [0.5, 0.6) is 5.75 Å².